The van der Waals surface area contributed by atoms with Crippen molar-refractivity contribution in [3.05, 3.63) is 22.8 Å². The van der Waals surface area contributed by atoms with E-state index in [1.807, 2.05) is 7.05 Å². The molecule has 0 amide bonds. The maximum Gasteiger partial charge on any atom is 0.128 e. The molecule has 0 aromatic carbocycles. The molecule has 0 aliphatic heterocycles. The van der Waals surface area contributed by atoms with Gasteiger partial charge in [-0.3, -0.25) is 0 Å². The van der Waals surface area contributed by atoms with Crippen LogP contribution in [0.1, 0.15) is 26.3 Å². The fourth-order valence-corrected chi connectivity index (χ4v) is 1.64. The Labute approximate surface area is 109 Å². The molecule has 1 aromatic rings. The molecule has 1 rings (SSSR count). The molecule has 0 fully saturated rings. The van der Waals surface area contributed by atoms with E-state index in [4.69, 9.17) is 11.6 Å². The van der Waals surface area contributed by atoms with E-state index in [-0.39, 0.29) is 0 Å². The van der Waals surface area contributed by atoms with Crippen LogP contribution in [0.5, 0.6) is 0 Å². The quantitative estimate of drug-likeness (QED) is 0.847. The van der Waals surface area contributed by atoms with Crippen LogP contribution in [0.4, 0.5) is 5.82 Å². The zero-order valence-electron chi connectivity index (χ0n) is 11.1. The standard InChI is InChI=1S/C13H22ClN3/c1-5-17(4)13-6-11(12(14)9-16-13)8-15-7-10(2)3/h6,9-10,15H,5,7-8H2,1-4H3. The third kappa shape index (κ3) is 4.52. The molecular formula is C13H22ClN3. The molecule has 0 bridgehead atoms. The van der Waals surface area contributed by atoms with Crippen LogP contribution in [-0.2, 0) is 6.54 Å². The monoisotopic (exact) mass is 255 g/mol. The van der Waals surface area contributed by atoms with E-state index in [9.17, 15) is 0 Å². The molecule has 0 unspecified atom stereocenters. The lowest BCUT2D eigenvalue weighted by molar-refractivity contribution is 0.552. The van der Waals surface area contributed by atoms with E-state index >= 15 is 0 Å². The highest BCUT2D eigenvalue weighted by Gasteiger charge is 2.06. The molecule has 17 heavy (non-hydrogen) atoms. The topological polar surface area (TPSA) is 28.2 Å². The minimum Gasteiger partial charge on any atom is -0.360 e. The predicted molar refractivity (Wildman–Crippen MR) is 74.7 cm³/mol. The molecule has 1 heterocycles. The summed E-state index contributed by atoms with van der Waals surface area (Å²) in [7, 11) is 2.03. The Kier molecular flexibility index (Phi) is 5.72. The first kappa shape index (κ1) is 14.3. The van der Waals surface area contributed by atoms with Crippen molar-refractivity contribution < 1.29 is 0 Å². The smallest absolute Gasteiger partial charge is 0.128 e. The molecular weight excluding hydrogens is 234 g/mol. The SMILES string of the molecule is CCN(C)c1cc(CNCC(C)C)c(Cl)cn1. The molecule has 1 aromatic heterocycles. The highest BCUT2D eigenvalue weighted by atomic mass is 35.5. The molecule has 0 aliphatic carbocycles. The van der Waals surface area contributed by atoms with Crippen LogP contribution in [0.3, 0.4) is 0 Å². The molecule has 0 spiro atoms. The van der Waals surface area contributed by atoms with E-state index in [0.717, 1.165) is 36.0 Å². The van der Waals surface area contributed by atoms with Gasteiger partial charge in [-0.25, -0.2) is 4.98 Å². The number of rotatable bonds is 6. The zero-order valence-corrected chi connectivity index (χ0v) is 11.9. The lowest BCUT2D eigenvalue weighted by atomic mass is 10.2. The highest BCUT2D eigenvalue weighted by Crippen LogP contribution is 2.19. The Bertz CT molecular complexity index is 353. The number of nitrogens with zero attached hydrogens (tertiary/aromatic N) is 2. The maximum atomic E-state index is 6.14. The molecule has 4 heteroatoms. The summed E-state index contributed by atoms with van der Waals surface area (Å²) in [5.41, 5.74) is 1.11. The first-order valence-corrected chi connectivity index (χ1v) is 6.48. The van der Waals surface area contributed by atoms with Gasteiger partial charge in [-0.2, -0.15) is 0 Å². The van der Waals surface area contributed by atoms with Crippen LogP contribution >= 0.6 is 11.6 Å². The van der Waals surface area contributed by atoms with Gasteiger partial charge >= 0.3 is 0 Å². The number of aromatic nitrogens is 1. The maximum absolute atomic E-state index is 6.14. The van der Waals surface area contributed by atoms with Crippen molar-refractivity contribution in [3.8, 4) is 0 Å². The lowest BCUT2D eigenvalue weighted by Crippen LogP contribution is -2.21. The van der Waals surface area contributed by atoms with Crippen LogP contribution in [0.15, 0.2) is 12.3 Å². The van der Waals surface area contributed by atoms with Crippen LogP contribution in [-0.4, -0.2) is 25.1 Å². The van der Waals surface area contributed by atoms with Gasteiger partial charge in [0.2, 0.25) is 0 Å². The first-order chi connectivity index (χ1) is 8.04. The van der Waals surface area contributed by atoms with Crippen molar-refractivity contribution in [3.63, 3.8) is 0 Å². The number of hydrogen-bond acceptors (Lipinski definition) is 3. The number of nitrogens with one attached hydrogen (secondary N) is 1. The minimum absolute atomic E-state index is 0.647. The molecule has 0 saturated heterocycles. The normalized spacial score (nSPS) is 10.9. The number of halogens is 1. The van der Waals surface area contributed by atoms with E-state index < -0.39 is 0 Å². The fourth-order valence-electron chi connectivity index (χ4n) is 1.47. The lowest BCUT2D eigenvalue weighted by Gasteiger charge is -2.17. The van der Waals surface area contributed by atoms with Gasteiger partial charge in [-0.1, -0.05) is 25.4 Å². The molecule has 0 saturated carbocycles. The summed E-state index contributed by atoms with van der Waals surface area (Å²) in [6.45, 7) is 9.22. The summed E-state index contributed by atoms with van der Waals surface area (Å²) in [4.78, 5) is 6.42. The van der Waals surface area contributed by atoms with Crippen molar-refractivity contribution in [2.75, 3.05) is 25.0 Å². The van der Waals surface area contributed by atoms with E-state index in [1.54, 1.807) is 6.20 Å². The van der Waals surface area contributed by atoms with Crippen molar-refractivity contribution >= 4 is 17.4 Å². The first-order valence-electron chi connectivity index (χ1n) is 6.10. The second kappa shape index (κ2) is 6.82. The van der Waals surface area contributed by atoms with Gasteiger partial charge in [0.15, 0.2) is 0 Å². The Balaban J connectivity index is 2.69. The Morgan fingerprint density at radius 1 is 1.47 bits per heavy atom. The van der Waals surface area contributed by atoms with Crippen LogP contribution in [0.2, 0.25) is 5.02 Å². The average Bonchev–Trinajstić information content (AvgIpc) is 2.30. The predicted octanol–water partition coefficient (Wildman–Crippen LogP) is 2.94. The summed E-state index contributed by atoms with van der Waals surface area (Å²) in [5.74, 6) is 1.62. The Hall–Kier alpha value is -0.800. The summed E-state index contributed by atoms with van der Waals surface area (Å²) in [5, 5.41) is 4.13. The van der Waals surface area contributed by atoms with Crippen molar-refractivity contribution in [2.24, 2.45) is 5.92 Å². The largest absolute Gasteiger partial charge is 0.360 e. The third-order valence-corrected chi connectivity index (χ3v) is 2.99. The number of hydrogen-bond donors (Lipinski definition) is 1. The van der Waals surface area contributed by atoms with Gasteiger partial charge in [0.25, 0.3) is 0 Å². The summed E-state index contributed by atoms with van der Waals surface area (Å²) in [6.07, 6.45) is 1.73. The summed E-state index contributed by atoms with van der Waals surface area (Å²) in [6, 6.07) is 2.05. The van der Waals surface area contributed by atoms with Crippen molar-refractivity contribution in [1.29, 1.82) is 0 Å². The highest BCUT2D eigenvalue weighted by molar-refractivity contribution is 6.31. The summed E-state index contributed by atoms with van der Waals surface area (Å²) < 4.78 is 0. The van der Waals surface area contributed by atoms with E-state index in [1.165, 1.54) is 0 Å². The fraction of sp³-hybridized carbons (Fsp3) is 0.615. The number of pyridine rings is 1. The van der Waals surface area contributed by atoms with Gasteiger partial charge in [-0.15, -0.1) is 0 Å². The average molecular weight is 256 g/mol. The summed E-state index contributed by atoms with van der Waals surface area (Å²) >= 11 is 6.14. The Morgan fingerprint density at radius 2 is 2.18 bits per heavy atom. The minimum atomic E-state index is 0.647. The van der Waals surface area contributed by atoms with Gasteiger partial charge in [0.05, 0.1) is 5.02 Å². The van der Waals surface area contributed by atoms with Gasteiger partial charge < -0.3 is 10.2 Å². The molecule has 0 aliphatic rings. The molecule has 0 atom stereocenters. The van der Waals surface area contributed by atoms with Gasteiger partial charge in [-0.05, 0) is 31.0 Å². The van der Waals surface area contributed by atoms with Crippen LogP contribution in [0, 0.1) is 5.92 Å². The second-order valence-corrected chi connectivity index (χ2v) is 5.08. The second-order valence-electron chi connectivity index (χ2n) is 4.67. The number of anilines is 1. The molecule has 1 N–H and O–H groups in total. The van der Waals surface area contributed by atoms with Crippen molar-refractivity contribution in [2.45, 2.75) is 27.3 Å². The van der Waals surface area contributed by atoms with E-state index in [2.05, 4.69) is 42.0 Å². The van der Waals surface area contributed by atoms with E-state index in [0.29, 0.717) is 5.92 Å². The molecule has 96 valence electrons. The molecule has 3 nitrogen and oxygen atoms in total. The van der Waals surface area contributed by atoms with Gasteiger partial charge in [0.1, 0.15) is 5.82 Å². The van der Waals surface area contributed by atoms with Crippen LogP contribution in [0.25, 0.3) is 0 Å². The third-order valence-electron chi connectivity index (χ3n) is 2.65. The zero-order chi connectivity index (χ0) is 12.8. The van der Waals surface area contributed by atoms with Crippen molar-refractivity contribution in [1.82, 2.24) is 10.3 Å². The Morgan fingerprint density at radius 3 is 2.76 bits per heavy atom. The van der Waals surface area contributed by atoms with Gasteiger partial charge in [0, 0.05) is 26.3 Å². The van der Waals surface area contributed by atoms with Crippen LogP contribution < -0.4 is 10.2 Å². The molecule has 0 radical (unpaired) electrons.